The lowest BCUT2D eigenvalue weighted by Crippen LogP contribution is -2.48. The number of fused-ring (bicyclic) bond motifs is 1. The van der Waals surface area contributed by atoms with E-state index >= 15 is 0 Å². The molecular formula is C24H31N5O3. The number of anilines is 1. The van der Waals surface area contributed by atoms with Gasteiger partial charge in [0.2, 0.25) is 12.0 Å². The van der Waals surface area contributed by atoms with Crippen LogP contribution < -0.4 is 15.0 Å². The largest absolute Gasteiger partial charge is 0.472 e. The highest BCUT2D eigenvalue weighted by Crippen LogP contribution is 2.36. The third-order valence-electron chi connectivity index (χ3n) is 6.03. The molecule has 2 aliphatic rings. The van der Waals surface area contributed by atoms with Crippen LogP contribution in [0.25, 0.3) is 0 Å². The fraction of sp³-hybridized carbons (Fsp3) is 0.458. The predicted molar refractivity (Wildman–Crippen MR) is 123 cm³/mol. The average Bonchev–Trinajstić information content (AvgIpc) is 2.84. The molecule has 0 radical (unpaired) electrons. The number of pyridine rings is 1. The van der Waals surface area contributed by atoms with Gasteiger partial charge < -0.3 is 19.9 Å². The van der Waals surface area contributed by atoms with E-state index in [2.05, 4.69) is 27.0 Å². The van der Waals surface area contributed by atoms with Crippen molar-refractivity contribution in [3.8, 4) is 5.75 Å². The Morgan fingerprint density at radius 3 is 2.59 bits per heavy atom. The fourth-order valence-corrected chi connectivity index (χ4v) is 4.15. The summed E-state index contributed by atoms with van der Waals surface area (Å²) in [7, 11) is 0. The number of hydrogen-bond donors (Lipinski definition) is 1. The zero-order chi connectivity index (χ0) is 22.3. The van der Waals surface area contributed by atoms with Crippen molar-refractivity contribution >= 4 is 17.6 Å². The fourth-order valence-electron chi connectivity index (χ4n) is 4.15. The summed E-state index contributed by atoms with van der Waals surface area (Å²) < 4.78 is 5.93. The molecule has 1 aromatic carbocycles. The van der Waals surface area contributed by atoms with Crippen LogP contribution in [-0.4, -0.2) is 79.0 Å². The van der Waals surface area contributed by atoms with E-state index < -0.39 is 6.10 Å². The van der Waals surface area contributed by atoms with Crippen molar-refractivity contribution in [2.75, 3.05) is 57.3 Å². The summed E-state index contributed by atoms with van der Waals surface area (Å²) in [5, 5.41) is 2.96. The summed E-state index contributed by atoms with van der Waals surface area (Å²) in [5.74, 6) is 0.402. The van der Waals surface area contributed by atoms with Gasteiger partial charge in [-0.1, -0.05) is 37.3 Å². The van der Waals surface area contributed by atoms with Crippen molar-refractivity contribution in [1.82, 2.24) is 20.1 Å². The van der Waals surface area contributed by atoms with Crippen molar-refractivity contribution in [2.45, 2.75) is 19.4 Å². The Kier molecular flexibility index (Phi) is 7.34. The maximum atomic E-state index is 13.2. The normalized spacial score (nSPS) is 19.3. The Balaban J connectivity index is 1.32. The Morgan fingerprint density at radius 2 is 1.84 bits per heavy atom. The van der Waals surface area contributed by atoms with E-state index in [1.165, 1.54) is 4.90 Å². The molecule has 170 valence electrons. The molecule has 2 amide bonds. The van der Waals surface area contributed by atoms with E-state index in [9.17, 15) is 9.59 Å². The molecule has 0 spiro atoms. The SMILES string of the molecule is CCN1CCN(CCCNC(=O)CN2C(=O)[C@@H](c3ccccc3)Oc3cccnc32)CC1. The van der Waals surface area contributed by atoms with E-state index in [1.54, 1.807) is 18.3 Å². The molecule has 0 aliphatic carbocycles. The molecule has 1 saturated heterocycles. The number of benzene rings is 1. The molecule has 0 saturated carbocycles. The highest BCUT2D eigenvalue weighted by molar-refractivity contribution is 6.03. The van der Waals surface area contributed by atoms with Gasteiger partial charge in [-0.15, -0.1) is 0 Å². The molecule has 2 aliphatic heterocycles. The van der Waals surface area contributed by atoms with Crippen LogP contribution in [-0.2, 0) is 9.59 Å². The number of likely N-dealkylation sites (N-methyl/N-ethyl adjacent to an activating group) is 1. The Labute approximate surface area is 189 Å². The Morgan fingerprint density at radius 1 is 1.09 bits per heavy atom. The van der Waals surface area contributed by atoms with Crippen molar-refractivity contribution in [3.05, 3.63) is 54.2 Å². The molecule has 8 heteroatoms. The summed E-state index contributed by atoms with van der Waals surface area (Å²) in [6, 6.07) is 12.9. The van der Waals surface area contributed by atoms with Gasteiger partial charge in [0.25, 0.3) is 5.91 Å². The molecule has 4 rings (SSSR count). The molecule has 8 nitrogen and oxygen atoms in total. The monoisotopic (exact) mass is 437 g/mol. The van der Waals surface area contributed by atoms with Crippen LogP contribution in [0.3, 0.4) is 0 Å². The molecule has 2 aromatic rings. The van der Waals surface area contributed by atoms with Crippen LogP contribution in [0.5, 0.6) is 5.75 Å². The van der Waals surface area contributed by atoms with Gasteiger partial charge in [-0.3, -0.25) is 14.5 Å². The minimum atomic E-state index is -0.789. The number of piperazine rings is 1. The maximum absolute atomic E-state index is 13.2. The van der Waals surface area contributed by atoms with Gasteiger partial charge in [-0.05, 0) is 31.6 Å². The van der Waals surface area contributed by atoms with Crippen LogP contribution in [0, 0.1) is 0 Å². The molecule has 0 bridgehead atoms. The van der Waals surface area contributed by atoms with Gasteiger partial charge in [0, 0.05) is 44.5 Å². The zero-order valence-corrected chi connectivity index (χ0v) is 18.6. The van der Waals surface area contributed by atoms with Gasteiger partial charge in [0.15, 0.2) is 11.6 Å². The first-order valence-corrected chi connectivity index (χ1v) is 11.3. The van der Waals surface area contributed by atoms with Crippen molar-refractivity contribution in [3.63, 3.8) is 0 Å². The number of rotatable bonds is 8. The van der Waals surface area contributed by atoms with Gasteiger partial charge in [-0.25, -0.2) is 4.98 Å². The summed E-state index contributed by atoms with van der Waals surface area (Å²) >= 11 is 0. The summed E-state index contributed by atoms with van der Waals surface area (Å²) in [6.45, 7) is 9.14. The van der Waals surface area contributed by atoms with Crippen LogP contribution in [0.15, 0.2) is 48.7 Å². The number of carbonyl (C=O) groups is 2. The van der Waals surface area contributed by atoms with Gasteiger partial charge in [-0.2, -0.15) is 0 Å². The quantitative estimate of drug-likeness (QED) is 0.634. The molecule has 1 aromatic heterocycles. The summed E-state index contributed by atoms with van der Waals surface area (Å²) in [6.07, 6.45) is 1.69. The number of nitrogens with one attached hydrogen (secondary N) is 1. The second-order valence-electron chi connectivity index (χ2n) is 8.14. The van der Waals surface area contributed by atoms with E-state index in [0.717, 1.165) is 51.3 Å². The minimum absolute atomic E-state index is 0.0787. The number of ether oxygens (including phenoxy) is 1. The summed E-state index contributed by atoms with van der Waals surface area (Å²) in [5.41, 5.74) is 0.751. The zero-order valence-electron chi connectivity index (χ0n) is 18.6. The summed E-state index contributed by atoms with van der Waals surface area (Å²) in [4.78, 5) is 36.4. The first-order valence-electron chi connectivity index (χ1n) is 11.3. The number of amides is 2. The van der Waals surface area contributed by atoms with Crippen LogP contribution >= 0.6 is 0 Å². The van der Waals surface area contributed by atoms with E-state index in [1.807, 2.05) is 30.3 Å². The minimum Gasteiger partial charge on any atom is -0.472 e. The van der Waals surface area contributed by atoms with Crippen LogP contribution in [0.4, 0.5) is 5.82 Å². The third-order valence-corrected chi connectivity index (χ3v) is 6.03. The lowest BCUT2D eigenvalue weighted by atomic mass is 10.1. The highest BCUT2D eigenvalue weighted by atomic mass is 16.5. The van der Waals surface area contributed by atoms with E-state index in [0.29, 0.717) is 18.1 Å². The first kappa shape index (κ1) is 22.2. The second-order valence-corrected chi connectivity index (χ2v) is 8.14. The molecule has 0 unspecified atom stereocenters. The number of hydrogen-bond acceptors (Lipinski definition) is 6. The lowest BCUT2D eigenvalue weighted by molar-refractivity contribution is -0.129. The van der Waals surface area contributed by atoms with Crippen molar-refractivity contribution in [2.24, 2.45) is 0 Å². The third kappa shape index (κ3) is 5.26. The maximum Gasteiger partial charge on any atom is 0.274 e. The molecule has 32 heavy (non-hydrogen) atoms. The Hall–Kier alpha value is -2.97. The average molecular weight is 438 g/mol. The van der Waals surface area contributed by atoms with Gasteiger partial charge in [0.05, 0.1) is 0 Å². The molecule has 1 N–H and O–H groups in total. The van der Waals surface area contributed by atoms with Gasteiger partial charge in [0.1, 0.15) is 6.54 Å². The topological polar surface area (TPSA) is 78.0 Å². The lowest BCUT2D eigenvalue weighted by Gasteiger charge is -2.34. The molecule has 3 heterocycles. The number of nitrogens with zero attached hydrogens (tertiary/aromatic N) is 4. The van der Waals surface area contributed by atoms with Crippen molar-refractivity contribution < 1.29 is 14.3 Å². The predicted octanol–water partition coefficient (Wildman–Crippen LogP) is 1.69. The smallest absolute Gasteiger partial charge is 0.274 e. The van der Waals surface area contributed by atoms with Gasteiger partial charge >= 0.3 is 0 Å². The van der Waals surface area contributed by atoms with Crippen LogP contribution in [0.1, 0.15) is 25.0 Å². The second kappa shape index (κ2) is 10.6. The van der Waals surface area contributed by atoms with E-state index in [4.69, 9.17) is 4.74 Å². The highest BCUT2D eigenvalue weighted by Gasteiger charge is 2.37. The Bertz CT molecular complexity index is 915. The van der Waals surface area contributed by atoms with Crippen LogP contribution in [0.2, 0.25) is 0 Å². The number of aromatic nitrogens is 1. The molecule has 1 fully saturated rings. The molecular weight excluding hydrogens is 406 g/mol. The number of carbonyl (C=O) groups excluding carboxylic acids is 2. The van der Waals surface area contributed by atoms with Crippen molar-refractivity contribution in [1.29, 1.82) is 0 Å². The van der Waals surface area contributed by atoms with E-state index in [-0.39, 0.29) is 18.4 Å². The standard InChI is InChI=1S/C24H31N5O3/c1-2-27-14-16-28(17-15-27)13-7-12-25-21(30)18-29-23-20(10-6-11-26-23)32-22(24(29)31)19-8-4-3-5-9-19/h3-6,8-11,22H,2,7,12-18H2,1H3,(H,25,30)/t22-/m1/s1. The molecule has 1 atom stereocenters. The first-order chi connectivity index (χ1) is 15.7.